The third-order valence-corrected chi connectivity index (χ3v) is 4.09. The predicted molar refractivity (Wildman–Crippen MR) is 89.1 cm³/mol. The van der Waals surface area contributed by atoms with Crippen molar-refractivity contribution in [2.24, 2.45) is 5.92 Å². The van der Waals surface area contributed by atoms with Crippen molar-refractivity contribution in [2.45, 2.75) is 25.3 Å². The molecule has 1 fully saturated rings. The number of nitrogens with one attached hydrogen (secondary N) is 1. The van der Waals surface area contributed by atoms with E-state index in [1.807, 2.05) is 0 Å². The average Bonchev–Trinajstić information content (AvgIpc) is 2.98. The monoisotopic (exact) mass is 346 g/mol. The van der Waals surface area contributed by atoms with E-state index >= 15 is 0 Å². The molecule has 1 aliphatic rings. The number of aliphatic hydroxyl groups excluding tert-OH is 2. The highest BCUT2D eigenvalue weighted by Gasteiger charge is 2.42. The topological polar surface area (TPSA) is 114 Å². The summed E-state index contributed by atoms with van der Waals surface area (Å²) in [5.74, 6) is -1.06. The molecule has 1 amide bonds. The van der Waals surface area contributed by atoms with Gasteiger partial charge in [-0.2, -0.15) is 4.98 Å². The van der Waals surface area contributed by atoms with Crippen molar-refractivity contribution in [2.75, 3.05) is 11.9 Å². The number of ether oxygens (including phenoxy) is 1. The highest BCUT2D eigenvalue weighted by atomic mass is 16.5. The summed E-state index contributed by atoms with van der Waals surface area (Å²) in [6, 6.07) is 9.93. The largest absolute Gasteiger partial charge is 0.396 e. The Kier molecular flexibility index (Phi) is 4.55. The maximum absolute atomic E-state index is 12.3. The molecular weight excluding hydrogens is 326 g/mol. The second-order valence-corrected chi connectivity index (χ2v) is 5.72. The Morgan fingerprint density at radius 1 is 1.40 bits per heavy atom. The number of anilines is 1. The van der Waals surface area contributed by atoms with Crippen molar-refractivity contribution in [3.8, 4) is 0 Å². The van der Waals surface area contributed by atoms with Crippen LogP contribution >= 0.6 is 0 Å². The van der Waals surface area contributed by atoms with E-state index in [4.69, 9.17) is 6.11 Å². The summed E-state index contributed by atoms with van der Waals surface area (Å²) in [5, 5.41) is 22.1. The van der Waals surface area contributed by atoms with Gasteiger partial charge in [-0.25, -0.2) is 4.79 Å². The standard InChI is InChI=1S/C17H19N3O5/c1-10-14(22)12(9-21)16(25-10)20-8-7-13(19-17(20)24)18-15(23)11-5-3-2-4-6-11/h2-8,10,12,14,16,21-22H,9H2,1H3,(H,18,19,23,24)/t10-,12-,14?,16-/m1/s1/i1D. The Balaban J connectivity index is 1.80. The molecule has 25 heavy (non-hydrogen) atoms. The van der Waals surface area contributed by atoms with Crippen LogP contribution in [-0.2, 0) is 4.74 Å². The molecular formula is C17H19N3O5. The van der Waals surface area contributed by atoms with Crippen LogP contribution in [0.4, 0.5) is 5.82 Å². The quantitative estimate of drug-likeness (QED) is 0.738. The third kappa shape index (κ3) is 3.46. The summed E-state index contributed by atoms with van der Waals surface area (Å²) >= 11 is 0. The molecule has 1 aliphatic heterocycles. The third-order valence-electron chi connectivity index (χ3n) is 4.09. The van der Waals surface area contributed by atoms with Crippen LogP contribution in [-0.4, -0.2) is 44.5 Å². The van der Waals surface area contributed by atoms with Crippen LogP contribution in [0.25, 0.3) is 0 Å². The second-order valence-electron chi connectivity index (χ2n) is 5.72. The van der Waals surface area contributed by atoms with Crippen molar-refractivity contribution in [3.63, 3.8) is 0 Å². The van der Waals surface area contributed by atoms with Crippen molar-refractivity contribution in [1.82, 2.24) is 9.55 Å². The number of amides is 1. The van der Waals surface area contributed by atoms with Crippen LogP contribution < -0.4 is 11.0 Å². The van der Waals surface area contributed by atoms with E-state index in [0.717, 1.165) is 4.57 Å². The SMILES string of the molecule is [2H]C[C@H]1O[C@@H](n2ccc(NC(=O)c3ccccc3)nc2=O)[C@H](CO)C1O. The molecule has 4 atom stereocenters. The first-order chi connectivity index (χ1) is 12.5. The van der Waals surface area contributed by atoms with E-state index in [9.17, 15) is 19.8 Å². The number of carbonyl (C=O) groups excluding carboxylic acids is 1. The van der Waals surface area contributed by atoms with E-state index in [1.165, 1.54) is 12.3 Å². The number of aliphatic hydroxyl groups is 2. The fourth-order valence-electron chi connectivity index (χ4n) is 2.73. The summed E-state index contributed by atoms with van der Waals surface area (Å²) < 4.78 is 14.0. The van der Waals surface area contributed by atoms with Gasteiger partial charge in [0.2, 0.25) is 0 Å². The minimum Gasteiger partial charge on any atom is -0.396 e. The Morgan fingerprint density at radius 2 is 2.16 bits per heavy atom. The van der Waals surface area contributed by atoms with E-state index in [1.54, 1.807) is 30.3 Å². The zero-order valence-electron chi connectivity index (χ0n) is 14.3. The van der Waals surface area contributed by atoms with Gasteiger partial charge in [-0.15, -0.1) is 0 Å². The van der Waals surface area contributed by atoms with Crippen LogP contribution in [0.3, 0.4) is 0 Å². The summed E-state index contributed by atoms with van der Waals surface area (Å²) in [7, 11) is 0. The lowest BCUT2D eigenvalue weighted by molar-refractivity contribution is -0.0195. The van der Waals surface area contributed by atoms with E-state index in [-0.39, 0.29) is 12.7 Å². The number of hydrogen-bond acceptors (Lipinski definition) is 6. The number of aromatic nitrogens is 2. The first kappa shape index (κ1) is 15.9. The molecule has 2 aromatic rings. The fourth-order valence-corrected chi connectivity index (χ4v) is 2.73. The summed E-state index contributed by atoms with van der Waals surface area (Å²) in [6.07, 6.45) is -1.39. The van der Waals surface area contributed by atoms with Crippen molar-refractivity contribution in [3.05, 3.63) is 58.6 Å². The minimum atomic E-state index is -1.05. The van der Waals surface area contributed by atoms with Gasteiger partial charge in [0.25, 0.3) is 5.91 Å². The van der Waals surface area contributed by atoms with E-state index in [0.29, 0.717) is 5.56 Å². The number of rotatable bonds is 4. The van der Waals surface area contributed by atoms with Crippen LogP contribution in [0.5, 0.6) is 0 Å². The maximum Gasteiger partial charge on any atom is 0.351 e. The zero-order chi connectivity index (χ0) is 18.7. The van der Waals surface area contributed by atoms with E-state index in [2.05, 4.69) is 10.3 Å². The molecule has 8 heteroatoms. The van der Waals surface area contributed by atoms with Crippen LogP contribution in [0.15, 0.2) is 47.4 Å². The van der Waals surface area contributed by atoms with Gasteiger partial charge in [-0.3, -0.25) is 9.36 Å². The van der Waals surface area contributed by atoms with Crippen molar-refractivity contribution >= 4 is 11.7 Å². The molecule has 3 N–H and O–H groups in total. The molecule has 3 rings (SSSR count). The lowest BCUT2D eigenvalue weighted by atomic mass is 10.0. The number of hydrogen-bond donors (Lipinski definition) is 3. The van der Waals surface area contributed by atoms with Crippen molar-refractivity contribution < 1.29 is 21.1 Å². The van der Waals surface area contributed by atoms with Gasteiger partial charge in [0.1, 0.15) is 12.0 Å². The van der Waals surface area contributed by atoms with Crippen molar-refractivity contribution in [1.29, 1.82) is 0 Å². The summed E-state index contributed by atoms with van der Waals surface area (Å²) in [6.45, 7) is -0.594. The second kappa shape index (κ2) is 7.14. The molecule has 0 aliphatic carbocycles. The number of carbonyl (C=O) groups is 1. The average molecular weight is 346 g/mol. The number of benzene rings is 1. The Hall–Kier alpha value is -2.55. The summed E-state index contributed by atoms with van der Waals surface area (Å²) in [5.41, 5.74) is -0.267. The molecule has 1 saturated heterocycles. The predicted octanol–water partition coefficient (Wildman–Crippen LogP) is 0.382. The van der Waals surface area contributed by atoms with Gasteiger partial charge < -0.3 is 20.3 Å². The van der Waals surface area contributed by atoms with Gasteiger partial charge in [-0.1, -0.05) is 18.2 Å². The Bertz CT molecular complexity index is 829. The molecule has 2 heterocycles. The van der Waals surface area contributed by atoms with Crippen LogP contribution in [0.1, 0.15) is 24.9 Å². The van der Waals surface area contributed by atoms with Gasteiger partial charge in [0, 0.05) is 13.1 Å². The highest BCUT2D eigenvalue weighted by molar-refractivity contribution is 6.03. The van der Waals surface area contributed by atoms with Crippen LogP contribution in [0.2, 0.25) is 0 Å². The van der Waals surface area contributed by atoms with Gasteiger partial charge in [0.15, 0.2) is 0 Å². The molecule has 1 aromatic heterocycles. The van der Waals surface area contributed by atoms with Crippen LogP contribution in [0, 0.1) is 5.92 Å². The Morgan fingerprint density at radius 3 is 2.80 bits per heavy atom. The molecule has 132 valence electrons. The first-order valence-electron chi connectivity index (χ1n) is 8.45. The molecule has 1 aromatic carbocycles. The molecule has 0 radical (unpaired) electrons. The van der Waals surface area contributed by atoms with E-state index < -0.39 is 42.6 Å². The van der Waals surface area contributed by atoms with Gasteiger partial charge >= 0.3 is 5.69 Å². The van der Waals surface area contributed by atoms with Gasteiger partial charge in [-0.05, 0) is 25.1 Å². The smallest absolute Gasteiger partial charge is 0.351 e. The molecule has 8 nitrogen and oxygen atoms in total. The Labute approximate surface area is 145 Å². The minimum absolute atomic E-state index is 0.0799. The maximum atomic E-state index is 12.3. The lowest BCUT2D eigenvalue weighted by Crippen LogP contribution is -2.34. The zero-order valence-corrected chi connectivity index (χ0v) is 13.3. The fraction of sp³-hybridized carbons (Fsp3) is 0.353. The molecule has 0 bridgehead atoms. The molecule has 0 spiro atoms. The molecule has 0 saturated carbocycles. The first-order valence-corrected chi connectivity index (χ1v) is 7.74. The van der Waals surface area contributed by atoms with Gasteiger partial charge in [0.05, 0.1) is 24.7 Å². The lowest BCUT2D eigenvalue weighted by Gasteiger charge is -2.19. The number of nitrogens with zero attached hydrogens (tertiary/aromatic N) is 2. The highest BCUT2D eigenvalue weighted by Crippen LogP contribution is 2.33. The summed E-state index contributed by atoms with van der Waals surface area (Å²) in [4.78, 5) is 28.2. The molecule has 1 unspecified atom stereocenters. The normalized spacial score (nSPS) is 26.2.